The van der Waals surface area contributed by atoms with Crippen LogP contribution in [0.3, 0.4) is 0 Å². The molecule has 3 rings (SSSR count). The lowest BCUT2D eigenvalue weighted by atomic mass is 10.1. The molecule has 1 fully saturated rings. The summed E-state index contributed by atoms with van der Waals surface area (Å²) in [5.41, 5.74) is 2.21. The van der Waals surface area contributed by atoms with E-state index in [0.29, 0.717) is 23.7 Å². The van der Waals surface area contributed by atoms with Crippen molar-refractivity contribution in [3.63, 3.8) is 0 Å². The van der Waals surface area contributed by atoms with Gasteiger partial charge in [-0.15, -0.1) is 0 Å². The zero-order valence-electron chi connectivity index (χ0n) is 15.2. The molecule has 0 amide bonds. The molecule has 2 aromatic carbocycles. The number of Topliss-reactive ketones (excluding diaryl/α,β-unsaturated/α-hetero) is 1. The average Bonchev–Trinajstić information content (AvgIpc) is 2.69. The number of anilines is 1. The lowest BCUT2D eigenvalue weighted by Gasteiger charge is -2.25. The Morgan fingerprint density at radius 2 is 1.74 bits per heavy atom. The molecule has 0 unspecified atom stereocenters. The molecule has 0 atom stereocenters. The SMILES string of the molecule is Cc1ccc(NCC(=O)c2ccc(S(=O)(=O)N3CCCCC3)cc2)cc1Cl. The van der Waals surface area contributed by atoms with Crippen LogP contribution >= 0.6 is 11.6 Å². The summed E-state index contributed by atoms with van der Waals surface area (Å²) in [6, 6.07) is 11.7. The maximum absolute atomic E-state index is 12.7. The number of nitrogens with one attached hydrogen (secondary N) is 1. The molecule has 27 heavy (non-hydrogen) atoms. The average molecular weight is 407 g/mol. The van der Waals surface area contributed by atoms with Crippen LogP contribution in [0.4, 0.5) is 5.69 Å². The highest BCUT2D eigenvalue weighted by Gasteiger charge is 2.25. The van der Waals surface area contributed by atoms with Crippen LogP contribution in [0.25, 0.3) is 0 Å². The Morgan fingerprint density at radius 1 is 1.07 bits per heavy atom. The molecule has 1 aliphatic rings. The molecule has 0 radical (unpaired) electrons. The van der Waals surface area contributed by atoms with Gasteiger partial charge in [-0.2, -0.15) is 4.31 Å². The number of rotatable bonds is 6. The first-order chi connectivity index (χ1) is 12.9. The van der Waals surface area contributed by atoms with E-state index in [4.69, 9.17) is 11.6 Å². The van der Waals surface area contributed by atoms with E-state index in [1.165, 1.54) is 16.4 Å². The van der Waals surface area contributed by atoms with E-state index >= 15 is 0 Å². The van der Waals surface area contributed by atoms with Crippen molar-refractivity contribution in [2.24, 2.45) is 0 Å². The number of nitrogens with zero attached hydrogens (tertiary/aromatic N) is 1. The van der Waals surface area contributed by atoms with Crippen LogP contribution in [0.1, 0.15) is 35.2 Å². The van der Waals surface area contributed by atoms with Gasteiger partial charge in [-0.05, 0) is 61.7 Å². The normalized spacial score (nSPS) is 15.5. The van der Waals surface area contributed by atoms with Gasteiger partial charge in [0, 0.05) is 29.4 Å². The molecule has 0 aliphatic carbocycles. The molecule has 1 aliphatic heterocycles. The van der Waals surface area contributed by atoms with Gasteiger partial charge < -0.3 is 5.32 Å². The molecular weight excluding hydrogens is 384 g/mol. The van der Waals surface area contributed by atoms with Gasteiger partial charge in [-0.25, -0.2) is 8.42 Å². The first kappa shape index (κ1) is 19.9. The van der Waals surface area contributed by atoms with Crippen LogP contribution in [0.2, 0.25) is 5.02 Å². The lowest BCUT2D eigenvalue weighted by molar-refractivity contribution is 0.101. The Morgan fingerprint density at radius 3 is 2.37 bits per heavy atom. The second-order valence-electron chi connectivity index (χ2n) is 6.73. The number of halogens is 1. The quantitative estimate of drug-likeness (QED) is 0.733. The molecule has 1 heterocycles. The van der Waals surface area contributed by atoms with E-state index in [-0.39, 0.29) is 17.2 Å². The summed E-state index contributed by atoms with van der Waals surface area (Å²) < 4.78 is 26.8. The molecule has 2 aromatic rings. The van der Waals surface area contributed by atoms with Gasteiger partial charge in [0.1, 0.15) is 0 Å². The zero-order valence-corrected chi connectivity index (χ0v) is 16.8. The van der Waals surface area contributed by atoms with E-state index in [0.717, 1.165) is 30.5 Å². The lowest BCUT2D eigenvalue weighted by Crippen LogP contribution is -2.35. The summed E-state index contributed by atoms with van der Waals surface area (Å²) in [5.74, 6) is -0.117. The Bertz CT molecular complexity index is 921. The minimum atomic E-state index is -3.48. The van der Waals surface area contributed by atoms with Crippen LogP contribution in [0.15, 0.2) is 47.4 Å². The topological polar surface area (TPSA) is 66.5 Å². The third-order valence-electron chi connectivity index (χ3n) is 4.75. The number of hydrogen-bond donors (Lipinski definition) is 1. The summed E-state index contributed by atoms with van der Waals surface area (Å²) in [4.78, 5) is 12.6. The van der Waals surface area contributed by atoms with Crippen molar-refractivity contribution in [3.8, 4) is 0 Å². The largest absolute Gasteiger partial charge is 0.378 e. The fraction of sp³-hybridized carbons (Fsp3) is 0.350. The second-order valence-corrected chi connectivity index (χ2v) is 9.07. The molecule has 144 valence electrons. The number of carbonyl (C=O) groups excluding carboxylic acids is 1. The van der Waals surface area contributed by atoms with Crippen molar-refractivity contribution in [3.05, 3.63) is 58.6 Å². The van der Waals surface area contributed by atoms with E-state index in [2.05, 4.69) is 5.32 Å². The molecule has 0 aromatic heterocycles. The van der Waals surface area contributed by atoms with Gasteiger partial charge in [-0.1, -0.05) is 24.1 Å². The van der Waals surface area contributed by atoms with Crippen molar-refractivity contribution in [1.82, 2.24) is 4.31 Å². The molecule has 0 bridgehead atoms. The third kappa shape index (κ3) is 4.69. The molecule has 0 spiro atoms. The Labute approximate surface area is 165 Å². The summed E-state index contributed by atoms with van der Waals surface area (Å²) >= 11 is 6.08. The minimum absolute atomic E-state index is 0.109. The maximum atomic E-state index is 12.7. The number of hydrogen-bond acceptors (Lipinski definition) is 4. The van der Waals surface area contributed by atoms with Crippen LogP contribution in [0, 0.1) is 6.92 Å². The highest BCUT2D eigenvalue weighted by molar-refractivity contribution is 7.89. The third-order valence-corrected chi connectivity index (χ3v) is 7.07. The highest BCUT2D eigenvalue weighted by Crippen LogP contribution is 2.22. The van der Waals surface area contributed by atoms with E-state index in [9.17, 15) is 13.2 Å². The molecule has 0 saturated carbocycles. The smallest absolute Gasteiger partial charge is 0.243 e. The van der Waals surface area contributed by atoms with Gasteiger partial charge in [0.15, 0.2) is 5.78 Å². The second kappa shape index (κ2) is 8.42. The van der Waals surface area contributed by atoms with Gasteiger partial charge >= 0.3 is 0 Å². The fourth-order valence-electron chi connectivity index (χ4n) is 3.05. The number of piperidine rings is 1. The zero-order chi connectivity index (χ0) is 19.4. The van der Waals surface area contributed by atoms with Crippen LogP contribution in [-0.2, 0) is 10.0 Å². The summed E-state index contributed by atoms with van der Waals surface area (Å²) in [7, 11) is -3.48. The number of carbonyl (C=O) groups is 1. The van der Waals surface area contributed by atoms with Crippen molar-refractivity contribution in [2.45, 2.75) is 31.1 Å². The fourth-order valence-corrected chi connectivity index (χ4v) is 4.75. The molecular formula is C20H23ClN2O3S. The molecule has 7 heteroatoms. The first-order valence-electron chi connectivity index (χ1n) is 9.01. The van der Waals surface area contributed by atoms with Gasteiger partial charge in [-0.3, -0.25) is 4.79 Å². The van der Waals surface area contributed by atoms with Crippen LogP contribution < -0.4 is 5.32 Å². The van der Waals surface area contributed by atoms with Crippen LogP contribution in [-0.4, -0.2) is 38.1 Å². The monoisotopic (exact) mass is 406 g/mol. The molecule has 5 nitrogen and oxygen atoms in total. The number of benzene rings is 2. The summed E-state index contributed by atoms with van der Waals surface area (Å²) in [6.45, 7) is 3.15. The van der Waals surface area contributed by atoms with E-state index < -0.39 is 10.0 Å². The Kier molecular flexibility index (Phi) is 6.19. The molecule has 1 N–H and O–H groups in total. The Hall–Kier alpha value is -1.89. The standard InChI is InChI=1S/C20H23ClN2O3S/c1-15-5-8-17(13-19(15)21)22-14-20(24)16-6-9-18(10-7-16)27(25,26)23-11-3-2-4-12-23/h5-10,13,22H,2-4,11-12,14H2,1H3. The van der Waals surface area contributed by atoms with Gasteiger partial charge in [0.05, 0.1) is 11.4 Å². The predicted octanol–water partition coefficient (Wildman–Crippen LogP) is 4.12. The van der Waals surface area contributed by atoms with Crippen molar-refractivity contribution in [1.29, 1.82) is 0 Å². The number of aryl methyl sites for hydroxylation is 1. The number of sulfonamides is 1. The first-order valence-corrected chi connectivity index (χ1v) is 10.8. The van der Waals surface area contributed by atoms with Crippen molar-refractivity contribution < 1.29 is 13.2 Å². The highest BCUT2D eigenvalue weighted by atomic mass is 35.5. The van der Waals surface area contributed by atoms with Crippen LogP contribution in [0.5, 0.6) is 0 Å². The van der Waals surface area contributed by atoms with Gasteiger partial charge in [0.2, 0.25) is 10.0 Å². The predicted molar refractivity (Wildman–Crippen MR) is 108 cm³/mol. The Balaban J connectivity index is 1.65. The van der Waals surface area contributed by atoms with E-state index in [1.807, 2.05) is 19.1 Å². The van der Waals surface area contributed by atoms with E-state index in [1.54, 1.807) is 18.2 Å². The van der Waals surface area contributed by atoms with Gasteiger partial charge in [0.25, 0.3) is 0 Å². The maximum Gasteiger partial charge on any atom is 0.243 e. The van der Waals surface area contributed by atoms with Crippen molar-refractivity contribution >= 4 is 33.1 Å². The summed E-state index contributed by atoms with van der Waals surface area (Å²) in [6.07, 6.45) is 2.85. The number of ketones is 1. The molecule has 1 saturated heterocycles. The summed E-state index contributed by atoms with van der Waals surface area (Å²) in [5, 5.41) is 3.69. The minimum Gasteiger partial charge on any atom is -0.378 e. The van der Waals surface area contributed by atoms with Crippen molar-refractivity contribution in [2.75, 3.05) is 25.0 Å².